The molecule has 2 heterocycles. The molecule has 1 aromatic carbocycles. The second-order valence-corrected chi connectivity index (χ2v) is 9.71. The maximum absolute atomic E-state index is 13.1. The summed E-state index contributed by atoms with van der Waals surface area (Å²) < 4.78 is 6.06. The number of likely N-dealkylation sites (N-methyl/N-ethyl adjacent to an activating group) is 1. The third-order valence-electron chi connectivity index (χ3n) is 7.43. The van der Waals surface area contributed by atoms with Gasteiger partial charge in [-0.3, -0.25) is 4.79 Å². The van der Waals surface area contributed by atoms with Crippen molar-refractivity contribution in [3.63, 3.8) is 0 Å². The third-order valence-corrected chi connectivity index (χ3v) is 7.67. The Morgan fingerprint density at radius 2 is 1.84 bits per heavy atom. The molecule has 2 aliphatic heterocycles. The van der Waals surface area contributed by atoms with Crippen LogP contribution in [0.25, 0.3) is 0 Å². The molecule has 7 heteroatoms. The number of likely N-dealkylation sites (tertiary alicyclic amines) is 2. The zero-order valence-electron chi connectivity index (χ0n) is 18.4. The topological polar surface area (TPSA) is 61.9 Å². The highest BCUT2D eigenvalue weighted by Gasteiger charge is 2.48. The number of benzene rings is 1. The lowest BCUT2D eigenvalue weighted by atomic mass is 9.76. The van der Waals surface area contributed by atoms with E-state index in [1.165, 1.54) is 12.8 Å². The number of nitrogens with one attached hydrogen (secondary N) is 1. The van der Waals surface area contributed by atoms with Crippen LogP contribution in [0.1, 0.15) is 64.2 Å². The number of hydrogen-bond donors (Lipinski definition) is 1. The van der Waals surface area contributed by atoms with Gasteiger partial charge in [0.25, 0.3) is 0 Å². The molecule has 6 nitrogen and oxygen atoms in total. The van der Waals surface area contributed by atoms with Crippen molar-refractivity contribution in [1.82, 2.24) is 15.1 Å². The second kappa shape index (κ2) is 9.68. The molecule has 0 radical (unpaired) electrons. The van der Waals surface area contributed by atoms with Crippen molar-refractivity contribution in [2.24, 2.45) is 0 Å². The highest BCUT2D eigenvalue weighted by molar-refractivity contribution is 6.30. The lowest BCUT2D eigenvalue weighted by Crippen LogP contribution is -2.66. The third kappa shape index (κ3) is 4.94. The quantitative estimate of drug-likeness (QED) is 0.736. The van der Waals surface area contributed by atoms with E-state index in [4.69, 9.17) is 16.3 Å². The first kappa shape index (κ1) is 22.3. The zero-order chi connectivity index (χ0) is 21.8. The van der Waals surface area contributed by atoms with Gasteiger partial charge in [-0.15, -0.1) is 0 Å². The highest BCUT2D eigenvalue weighted by Crippen LogP contribution is 2.39. The van der Waals surface area contributed by atoms with Gasteiger partial charge in [0.1, 0.15) is 11.9 Å². The summed E-state index contributed by atoms with van der Waals surface area (Å²) in [6.45, 7) is 1.34. The SMILES string of the molecule is CN1C(=O)CCC(NC(=O)N2CCC(Oc3cccc(Cl)c3)CC2)C12CCCCCC2. The number of piperidine rings is 2. The Hall–Kier alpha value is -1.95. The van der Waals surface area contributed by atoms with E-state index in [0.717, 1.165) is 50.7 Å². The van der Waals surface area contributed by atoms with Gasteiger partial charge in [0.05, 0.1) is 11.6 Å². The van der Waals surface area contributed by atoms with Crippen LogP contribution in [-0.4, -0.2) is 59.6 Å². The molecule has 3 aliphatic rings. The summed E-state index contributed by atoms with van der Waals surface area (Å²) in [4.78, 5) is 29.5. The average molecular weight is 448 g/mol. The van der Waals surface area contributed by atoms with E-state index in [2.05, 4.69) is 5.32 Å². The molecule has 3 amide bonds. The van der Waals surface area contributed by atoms with Crippen molar-refractivity contribution in [3.8, 4) is 5.75 Å². The molecule has 0 aromatic heterocycles. The summed E-state index contributed by atoms with van der Waals surface area (Å²) in [5.41, 5.74) is -0.227. The number of rotatable bonds is 3. The summed E-state index contributed by atoms with van der Waals surface area (Å²) in [5.74, 6) is 0.993. The van der Waals surface area contributed by atoms with Gasteiger partial charge in [0.15, 0.2) is 0 Å². The van der Waals surface area contributed by atoms with Gasteiger partial charge in [-0.05, 0) is 37.5 Å². The van der Waals surface area contributed by atoms with Gasteiger partial charge < -0.3 is 19.9 Å². The molecule has 31 heavy (non-hydrogen) atoms. The van der Waals surface area contributed by atoms with Gasteiger partial charge in [-0.25, -0.2) is 4.79 Å². The van der Waals surface area contributed by atoms with Crippen LogP contribution in [0.4, 0.5) is 4.79 Å². The van der Waals surface area contributed by atoms with Crippen LogP contribution in [0.3, 0.4) is 0 Å². The van der Waals surface area contributed by atoms with Crippen molar-refractivity contribution < 1.29 is 14.3 Å². The van der Waals surface area contributed by atoms with Gasteiger partial charge in [0, 0.05) is 44.4 Å². The molecule has 1 aromatic rings. The number of nitrogens with zero attached hydrogens (tertiary/aromatic N) is 2. The van der Waals surface area contributed by atoms with Crippen molar-refractivity contribution in [1.29, 1.82) is 0 Å². The molecular formula is C24H34ClN3O3. The van der Waals surface area contributed by atoms with Gasteiger partial charge >= 0.3 is 6.03 Å². The number of halogens is 1. The summed E-state index contributed by atoms with van der Waals surface area (Å²) in [6.07, 6.45) is 9.58. The predicted molar refractivity (Wildman–Crippen MR) is 121 cm³/mol. The zero-order valence-corrected chi connectivity index (χ0v) is 19.2. The van der Waals surface area contributed by atoms with Crippen LogP contribution in [0.2, 0.25) is 5.02 Å². The van der Waals surface area contributed by atoms with Crippen molar-refractivity contribution >= 4 is 23.5 Å². The van der Waals surface area contributed by atoms with Crippen LogP contribution in [0.5, 0.6) is 5.75 Å². The minimum absolute atomic E-state index is 0.00224. The largest absolute Gasteiger partial charge is 0.490 e. The Morgan fingerprint density at radius 3 is 2.52 bits per heavy atom. The van der Waals surface area contributed by atoms with Gasteiger partial charge in [-0.2, -0.15) is 0 Å². The van der Waals surface area contributed by atoms with Crippen LogP contribution in [0, 0.1) is 0 Å². The fraction of sp³-hybridized carbons (Fsp3) is 0.667. The number of ether oxygens (including phenoxy) is 1. The van der Waals surface area contributed by atoms with Crippen LogP contribution >= 0.6 is 11.6 Å². The van der Waals surface area contributed by atoms with Crippen LogP contribution in [-0.2, 0) is 4.79 Å². The normalized spacial score (nSPS) is 24.7. The predicted octanol–water partition coefficient (Wildman–Crippen LogP) is 4.61. The Bertz CT molecular complexity index is 786. The van der Waals surface area contributed by atoms with Crippen molar-refractivity contribution in [2.45, 2.75) is 81.9 Å². The number of hydrogen-bond acceptors (Lipinski definition) is 3. The molecule has 170 valence electrons. The summed E-state index contributed by atoms with van der Waals surface area (Å²) in [5, 5.41) is 4.00. The number of urea groups is 1. The van der Waals surface area contributed by atoms with Crippen LogP contribution in [0.15, 0.2) is 24.3 Å². The van der Waals surface area contributed by atoms with E-state index in [1.54, 1.807) is 0 Å². The molecule has 1 saturated carbocycles. The first-order valence-electron chi connectivity index (χ1n) is 11.7. The molecule has 1 spiro atoms. The monoisotopic (exact) mass is 447 g/mol. The van der Waals surface area contributed by atoms with E-state index in [9.17, 15) is 9.59 Å². The minimum Gasteiger partial charge on any atom is -0.490 e. The maximum Gasteiger partial charge on any atom is 0.317 e. The number of carbonyl (C=O) groups is 2. The first-order chi connectivity index (χ1) is 15.0. The fourth-order valence-corrected chi connectivity index (χ4v) is 5.75. The lowest BCUT2D eigenvalue weighted by molar-refractivity contribution is -0.142. The molecule has 0 bridgehead atoms. The summed E-state index contributed by atoms with van der Waals surface area (Å²) in [7, 11) is 1.94. The van der Waals surface area contributed by atoms with Crippen molar-refractivity contribution in [2.75, 3.05) is 20.1 Å². The summed E-state index contributed by atoms with van der Waals surface area (Å²) in [6, 6.07) is 7.48. The molecular weight excluding hydrogens is 414 g/mol. The average Bonchev–Trinajstić information content (AvgIpc) is 3.02. The molecule has 3 fully saturated rings. The Labute approximate surface area is 190 Å². The lowest BCUT2D eigenvalue weighted by Gasteiger charge is -2.51. The van der Waals surface area contributed by atoms with Crippen molar-refractivity contribution in [3.05, 3.63) is 29.3 Å². The molecule has 1 aliphatic carbocycles. The van der Waals surface area contributed by atoms with E-state index in [1.807, 2.05) is 41.1 Å². The minimum atomic E-state index is -0.227. The van der Waals surface area contributed by atoms with E-state index in [-0.39, 0.29) is 29.6 Å². The smallest absolute Gasteiger partial charge is 0.317 e. The van der Waals surface area contributed by atoms with E-state index >= 15 is 0 Å². The Kier molecular flexibility index (Phi) is 6.95. The fourth-order valence-electron chi connectivity index (χ4n) is 5.57. The Balaban J connectivity index is 1.35. The standard InChI is InChI=1S/C24H34ClN3O3/c1-27-22(29)10-9-21(24(27)13-4-2-3-5-14-24)26-23(30)28-15-11-19(12-16-28)31-20-8-6-7-18(25)17-20/h6-8,17,19,21H,2-5,9-16H2,1H3,(H,26,30). The van der Waals surface area contributed by atoms with E-state index in [0.29, 0.717) is 24.5 Å². The Morgan fingerprint density at radius 1 is 1.13 bits per heavy atom. The summed E-state index contributed by atoms with van der Waals surface area (Å²) >= 11 is 6.05. The molecule has 4 rings (SSSR count). The molecule has 2 saturated heterocycles. The van der Waals surface area contributed by atoms with Gasteiger partial charge in [0.2, 0.25) is 5.91 Å². The van der Waals surface area contributed by atoms with Gasteiger partial charge in [-0.1, -0.05) is 43.4 Å². The first-order valence-corrected chi connectivity index (χ1v) is 12.1. The maximum atomic E-state index is 13.1. The number of amides is 3. The number of carbonyl (C=O) groups excluding carboxylic acids is 2. The molecule has 1 N–H and O–H groups in total. The second-order valence-electron chi connectivity index (χ2n) is 9.27. The highest BCUT2D eigenvalue weighted by atomic mass is 35.5. The van der Waals surface area contributed by atoms with E-state index < -0.39 is 0 Å². The van der Waals surface area contributed by atoms with Crippen LogP contribution < -0.4 is 10.1 Å². The molecule has 1 unspecified atom stereocenters. The molecule has 1 atom stereocenters.